The Morgan fingerprint density at radius 3 is 2.93 bits per heavy atom. The lowest BCUT2D eigenvalue weighted by molar-refractivity contribution is -0.150. The van der Waals surface area contributed by atoms with Crippen molar-refractivity contribution in [1.29, 1.82) is 0 Å². The molecule has 1 aromatic heterocycles. The molecule has 0 saturated carbocycles. The maximum Gasteiger partial charge on any atom is 0.312 e. The smallest absolute Gasteiger partial charge is 0.312 e. The molecule has 0 amide bonds. The van der Waals surface area contributed by atoms with E-state index in [1.165, 1.54) is 18.6 Å². The van der Waals surface area contributed by atoms with Gasteiger partial charge in [0.2, 0.25) is 0 Å². The fourth-order valence-electron chi connectivity index (χ4n) is 1.11. The number of carbonyl (C=O) groups is 1. The number of hydrogen-bond donors (Lipinski definition) is 1. The average Bonchev–Trinajstić information content (AvgIpc) is 2.69. The number of hydrogen-bond acceptors (Lipinski definition) is 6. The first-order valence-corrected chi connectivity index (χ1v) is 5.45. The van der Waals surface area contributed by atoms with Crippen LogP contribution in [0.15, 0.2) is 5.38 Å². The zero-order chi connectivity index (χ0) is 11.3. The highest BCUT2D eigenvalue weighted by atomic mass is 32.1. The second-order valence-electron chi connectivity index (χ2n) is 3.88. The standard InChI is InChI=1S/C9H15N3O2S/c1-9(2,8(13)14-3)6-10-4-7-5-15-12-11-7/h5,10H,4,6H2,1-3H3. The van der Waals surface area contributed by atoms with Gasteiger partial charge in [0, 0.05) is 18.5 Å². The van der Waals surface area contributed by atoms with Crippen LogP contribution in [0.5, 0.6) is 0 Å². The zero-order valence-electron chi connectivity index (χ0n) is 9.11. The van der Waals surface area contributed by atoms with E-state index in [4.69, 9.17) is 4.74 Å². The van der Waals surface area contributed by atoms with E-state index in [1.54, 1.807) is 0 Å². The molecule has 0 radical (unpaired) electrons. The number of nitrogens with zero attached hydrogens (tertiary/aromatic N) is 2. The number of aromatic nitrogens is 2. The van der Waals surface area contributed by atoms with E-state index >= 15 is 0 Å². The van der Waals surface area contributed by atoms with Gasteiger partial charge in [-0.2, -0.15) is 0 Å². The van der Waals surface area contributed by atoms with Crippen LogP contribution in [-0.4, -0.2) is 29.2 Å². The Balaban J connectivity index is 2.33. The third-order valence-corrected chi connectivity index (χ3v) is 2.57. The van der Waals surface area contributed by atoms with Crippen molar-refractivity contribution in [3.05, 3.63) is 11.1 Å². The molecule has 0 unspecified atom stereocenters. The maximum atomic E-state index is 11.3. The van der Waals surface area contributed by atoms with Gasteiger partial charge in [0.15, 0.2) is 0 Å². The molecule has 5 nitrogen and oxygen atoms in total. The number of methoxy groups -OCH3 is 1. The molecule has 0 aromatic carbocycles. The monoisotopic (exact) mass is 229 g/mol. The molecule has 1 heterocycles. The lowest BCUT2D eigenvalue weighted by atomic mass is 9.94. The third-order valence-electron chi connectivity index (χ3n) is 2.02. The van der Waals surface area contributed by atoms with Crippen molar-refractivity contribution in [3.63, 3.8) is 0 Å². The second kappa shape index (κ2) is 5.18. The maximum absolute atomic E-state index is 11.3. The first kappa shape index (κ1) is 12.1. The SMILES string of the molecule is COC(=O)C(C)(C)CNCc1csnn1. The van der Waals surface area contributed by atoms with Crippen molar-refractivity contribution >= 4 is 17.5 Å². The Morgan fingerprint density at radius 2 is 2.40 bits per heavy atom. The molecule has 0 bridgehead atoms. The van der Waals surface area contributed by atoms with E-state index in [1.807, 2.05) is 19.2 Å². The third kappa shape index (κ3) is 3.56. The summed E-state index contributed by atoms with van der Waals surface area (Å²) in [6, 6.07) is 0. The number of esters is 1. The molecule has 1 N–H and O–H groups in total. The molecule has 0 aliphatic heterocycles. The molecule has 0 atom stereocenters. The van der Waals surface area contributed by atoms with E-state index in [0.717, 1.165) is 5.69 Å². The van der Waals surface area contributed by atoms with Gasteiger partial charge in [0.25, 0.3) is 0 Å². The molecule has 1 aromatic rings. The molecule has 15 heavy (non-hydrogen) atoms. The number of carbonyl (C=O) groups excluding carboxylic acids is 1. The second-order valence-corrected chi connectivity index (χ2v) is 4.49. The first-order chi connectivity index (χ1) is 7.06. The summed E-state index contributed by atoms with van der Waals surface area (Å²) in [7, 11) is 1.40. The molecule has 0 saturated heterocycles. The van der Waals surface area contributed by atoms with Crippen LogP contribution in [-0.2, 0) is 16.1 Å². The quantitative estimate of drug-likeness (QED) is 0.757. The van der Waals surface area contributed by atoms with E-state index in [2.05, 4.69) is 14.9 Å². The van der Waals surface area contributed by atoms with Crippen molar-refractivity contribution in [2.45, 2.75) is 20.4 Å². The Morgan fingerprint density at radius 1 is 1.67 bits per heavy atom. The van der Waals surface area contributed by atoms with Crippen molar-refractivity contribution in [2.75, 3.05) is 13.7 Å². The summed E-state index contributed by atoms with van der Waals surface area (Å²) >= 11 is 1.32. The zero-order valence-corrected chi connectivity index (χ0v) is 9.93. The van der Waals surface area contributed by atoms with Crippen molar-refractivity contribution < 1.29 is 9.53 Å². The van der Waals surface area contributed by atoms with Crippen LogP contribution in [0.4, 0.5) is 0 Å². The average molecular weight is 229 g/mol. The summed E-state index contributed by atoms with van der Waals surface area (Å²) < 4.78 is 8.45. The minimum atomic E-state index is -0.516. The van der Waals surface area contributed by atoms with Gasteiger partial charge in [-0.05, 0) is 25.4 Å². The molecule has 84 valence electrons. The van der Waals surface area contributed by atoms with Gasteiger partial charge in [-0.25, -0.2) is 0 Å². The van der Waals surface area contributed by atoms with E-state index in [0.29, 0.717) is 13.1 Å². The topological polar surface area (TPSA) is 64.1 Å². The van der Waals surface area contributed by atoms with Gasteiger partial charge < -0.3 is 10.1 Å². The predicted molar refractivity (Wildman–Crippen MR) is 57.4 cm³/mol. The normalized spacial score (nSPS) is 11.4. The van der Waals surface area contributed by atoms with Crippen LogP contribution in [0, 0.1) is 5.41 Å². The minimum absolute atomic E-state index is 0.216. The Hall–Kier alpha value is -1.01. The number of nitrogens with one attached hydrogen (secondary N) is 1. The van der Waals surface area contributed by atoms with Crippen molar-refractivity contribution in [3.8, 4) is 0 Å². The van der Waals surface area contributed by atoms with Gasteiger partial charge in [-0.1, -0.05) is 4.49 Å². The van der Waals surface area contributed by atoms with E-state index in [9.17, 15) is 4.79 Å². The summed E-state index contributed by atoms with van der Waals surface area (Å²) in [6.07, 6.45) is 0. The van der Waals surface area contributed by atoms with Crippen LogP contribution < -0.4 is 5.32 Å². The summed E-state index contributed by atoms with van der Waals surface area (Å²) in [5, 5.41) is 8.91. The highest BCUT2D eigenvalue weighted by Crippen LogP contribution is 2.15. The molecule has 0 fully saturated rings. The summed E-state index contributed by atoms with van der Waals surface area (Å²) in [6.45, 7) is 4.85. The van der Waals surface area contributed by atoms with Crippen molar-refractivity contribution in [1.82, 2.24) is 14.9 Å². The van der Waals surface area contributed by atoms with Crippen LogP contribution >= 0.6 is 11.5 Å². The molecule has 0 aliphatic rings. The molecular weight excluding hydrogens is 214 g/mol. The summed E-state index contributed by atoms with van der Waals surface area (Å²) in [5.74, 6) is -0.216. The predicted octanol–water partition coefficient (Wildman–Crippen LogP) is 0.827. The van der Waals surface area contributed by atoms with E-state index in [-0.39, 0.29) is 5.97 Å². The van der Waals surface area contributed by atoms with Crippen LogP contribution in [0.2, 0.25) is 0 Å². The van der Waals surface area contributed by atoms with Gasteiger partial charge >= 0.3 is 5.97 Å². The lowest BCUT2D eigenvalue weighted by Gasteiger charge is -2.21. The molecule has 0 spiro atoms. The van der Waals surface area contributed by atoms with Crippen LogP contribution in [0.1, 0.15) is 19.5 Å². The van der Waals surface area contributed by atoms with Crippen LogP contribution in [0.3, 0.4) is 0 Å². The number of rotatable bonds is 5. The molecule has 1 rings (SSSR count). The minimum Gasteiger partial charge on any atom is -0.469 e. The largest absolute Gasteiger partial charge is 0.469 e. The summed E-state index contributed by atoms with van der Waals surface area (Å²) in [4.78, 5) is 11.3. The molecule has 6 heteroatoms. The van der Waals surface area contributed by atoms with Crippen LogP contribution in [0.25, 0.3) is 0 Å². The first-order valence-electron chi connectivity index (χ1n) is 4.61. The molecule has 0 aliphatic carbocycles. The molecular formula is C9H15N3O2S. The highest BCUT2D eigenvalue weighted by molar-refractivity contribution is 7.03. The highest BCUT2D eigenvalue weighted by Gasteiger charge is 2.27. The van der Waals surface area contributed by atoms with Gasteiger partial charge in [0.05, 0.1) is 18.2 Å². The van der Waals surface area contributed by atoms with Crippen molar-refractivity contribution in [2.24, 2.45) is 5.41 Å². The summed E-state index contributed by atoms with van der Waals surface area (Å²) in [5.41, 5.74) is 0.374. The Kier molecular flexibility index (Phi) is 4.16. The Labute approximate surface area is 93.0 Å². The lowest BCUT2D eigenvalue weighted by Crippen LogP contribution is -2.36. The van der Waals surface area contributed by atoms with Gasteiger partial charge in [0.1, 0.15) is 0 Å². The fourth-order valence-corrected chi connectivity index (χ4v) is 1.56. The van der Waals surface area contributed by atoms with Gasteiger partial charge in [-0.3, -0.25) is 4.79 Å². The number of ether oxygens (including phenoxy) is 1. The van der Waals surface area contributed by atoms with E-state index < -0.39 is 5.41 Å². The Bertz CT molecular complexity index is 311. The van der Waals surface area contributed by atoms with Gasteiger partial charge in [-0.15, -0.1) is 5.10 Å². The fraction of sp³-hybridized carbons (Fsp3) is 0.667.